The second-order valence-electron chi connectivity index (χ2n) is 16.4. The monoisotopic (exact) mass is 835 g/mol. The second kappa shape index (κ2) is 45.3. The molecule has 59 heavy (non-hydrogen) atoms. The number of ether oxygens (including phenoxy) is 4. The lowest BCUT2D eigenvalue weighted by molar-refractivity contribution is -0.160. The van der Waals surface area contributed by atoms with Gasteiger partial charge in [-0.25, -0.2) is 0 Å². The van der Waals surface area contributed by atoms with Gasteiger partial charge in [0.15, 0.2) is 6.29 Å². The van der Waals surface area contributed by atoms with Crippen molar-refractivity contribution in [2.24, 2.45) is 5.92 Å². The number of nitrogens with zero attached hydrogens (tertiary/aromatic N) is 1. The first-order valence-electron chi connectivity index (χ1n) is 24.7. The van der Waals surface area contributed by atoms with Crippen molar-refractivity contribution in [3.8, 4) is 0 Å². The molecule has 0 aliphatic heterocycles. The van der Waals surface area contributed by atoms with Crippen LogP contribution in [0, 0.1) is 5.92 Å². The molecule has 0 fully saturated rings. The predicted octanol–water partition coefficient (Wildman–Crippen LogP) is 12.6. The van der Waals surface area contributed by atoms with Crippen molar-refractivity contribution in [1.82, 2.24) is 10.2 Å². The van der Waals surface area contributed by atoms with Gasteiger partial charge in [0.25, 0.3) is 0 Å². The summed E-state index contributed by atoms with van der Waals surface area (Å²) in [5, 5.41) is 3.01. The minimum Gasteiger partial charge on any atom is -0.465 e. The summed E-state index contributed by atoms with van der Waals surface area (Å²) in [6.07, 6.45) is 37.6. The third-order valence-electron chi connectivity index (χ3n) is 10.8. The lowest BCUT2D eigenvalue weighted by Gasteiger charge is -2.20. The third kappa shape index (κ3) is 40.9. The summed E-state index contributed by atoms with van der Waals surface area (Å²) >= 11 is 0. The van der Waals surface area contributed by atoms with Crippen LogP contribution in [0.3, 0.4) is 0 Å². The molecule has 0 rings (SSSR count). The fourth-order valence-corrected chi connectivity index (χ4v) is 6.81. The fraction of sp³-hybridized carbons (Fsp3) is 0.860. The minimum absolute atomic E-state index is 0.0228. The van der Waals surface area contributed by atoms with Crippen LogP contribution in [0.4, 0.5) is 0 Å². The number of rotatable bonds is 45. The predicted molar refractivity (Wildman–Crippen MR) is 246 cm³/mol. The molecule has 0 saturated heterocycles. The maximum absolute atomic E-state index is 13.0. The van der Waals surface area contributed by atoms with Crippen LogP contribution in [0.1, 0.15) is 214 Å². The Morgan fingerprint density at radius 2 is 1.00 bits per heavy atom. The number of allylic oxidation sites excluding steroid dienone is 4. The average molecular weight is 835 g/mol. The van der Waals surface area contributed by atoms with Gasteiger partial charge in [-0.1, -0.05) is 155 Å². The van der Waals surface area contributed by atoms with Gasteiger partial charge in [-0.2, -0.15) is 0 Å². The third-order valence-corrected chi connectivity index (χ3v) is 10.8. The second-order valence-corrected chi connectivity index (χ2v) is 16.4. The number of unbranched alkanes of at least 4 members (excludes halogenated alkanes) is 18. The van der Waals surface area contributed by atoms with Gasteiger partial charge in [0.05, 0.1) is 19.6 Å². The molecule has 1 N–H and O–H groups in total. The number of hydrogen-bond acceptors (Lipinski definition) is 8. The highest BCUT2D eigenvalue weighted by molar-refractivity contribution is 5.75. The van der Waals surface area contributed by atoms with Gasteiger partial charge in [-0.3, -0.25) is 14.4 Å². The molecule has 0 spiro atoms. The Labute approximate surface area is 363 Å². The van der Waals surface area contributed by atoms with Gasteiger partial charge in [0, 0.05) is 44.9 Å². The van der Waals surface area contributed by atoms with E-state index in [0.29, 0.717) is 32.5 Å². The quantitative estimate of drug-likeness (QED) is 0.0280. The normalized spacial score (nSPS) is 12.3. The molecule has 0 bridgehead atoms. The fourth-order valence-electron chi connectivity index (χ4n) is 6.81. The number of carbonyl (C=O) groups is 3. The van der Waals surface area contributed by atoms with E-state index >= 15 is 0 Å². The van der Waals surface area contributed by atoms with E-state index in [9.17, 15) is 14.4 Å². The number of amides is 1. The van der Waals surface area contributed by atoms with E-state index in [0.717, 1.165) is 83.8 Å². The van der Waals surface area contributed by atoms with E-state index in [-0.39, 0.29) is 49.9 Å². The summed E-state index contributed by atoms with van der Waals surface area (Å²) in [6, 6.07) is 0. The highest BCUT2D eigenvalue weighted by Crippen LogP contribution is 2.13. The van der Waals surface area contributed by atoms with E-state index in [2.05, 4.69) is 69.1 Å². The summed E-state index contributed by atoms with van der Waals surface area (Å²) < 4.78 is 23.6. The van der Waals surface area contributed by atoms with Gasteiger partial charge in [0.2, 0.25) is 5.91 Å². The van der Waals surface area contributed by atoms with E-state index in [4.69, 9.17) is 18.9 Å². The average Bonchev–Trinajstić information content (AvgIpc) is 3.24. The molecule has 0 aromatic carbocycles. The van der Waals surface area contributed by atoms with Gasteiger partial charge in [0.1, 0.15) is 0 Å². The van der Waals surface area contributed by atoms with Crippen molar-refractivity contribution in [1.29, 1.82) is 0 Å². The topological polar surface area (TPSA) is 103 Å². The maximum Gasteiger partial charge on any atom is 0.305 e. The lowest BCUT2D eigenvalue weighted by Crippen LogP contribution is -2.34. The van der Waals surface area contributed by atoms with Crippen LogP contribution in [0.15, 0.2) is 24.3 Å². The zero-order chi connectivity index (χ0) is 43.3. The van der Waals surface area contributed by atoms with E-state index in [1.54, 1.807) is 0 Å². The Hall–Kier alpha value is -2.23. The molecule has 0 saturated carbocycles. The SMILES string of the molecule is CCCCC/C=C\C/C=C\CCCCCCCC(=O)NCC(COC(=O)CCCN(CC)CC)COC(=O)CCC(OCCCCCCCC)OCCCCCCCC. The first-order valence-corrected chi connectivity index (χ1v) is 24.7. The number of nitrogens with one attached hydrogen (secondary N) is 1. The van der Waals surface area contributed by atoms with Crippen LogP contribution in [0.25, 0.3) is 0 Å². The molecule has 0 aliphatic rings. The number of hydrogen-bond donors (Lipinski definition) is 1. The zero-order valence-electron chi connectivity index (χ0n) is 39.2. The molecule has 1 unspecified atom stereocenters. The Balaban J connectivity index is 4.82. The lowest BCUT2D eigenvalue weighted by atomic mass is 10.1. The van der Waals surface area contributed by atoms with Crippen molar-refractivity contribution in [3.63, 3.8) is 0 Å². The molecule has 9 heteroatoms. The molecule has 0 aliphatic carbocycles. The molecule has 0 heterocycles. The minimum atomic E-state index is -0.435. The van der Waals surface area contributed by atoms with Crippen LogP contribution in [-0.2, 0) is 33.3 Å². The Morgan fingerprint density at radius 3 is 1.56 bits per heavy atom. The van der Waals surface area contributed by atoms with E-state index in [1.807, 2.05) is 0 Å². The summed E-state index contributed by atoms with van der Waals surface area (Å²) in [5.41, 5.74) is 0. The maximum atomic E-state index is 13.0. The molecule has 0 radical (unpaired) electrons. The summed E-state index contributed by atoms with van der Waals surface area (Å²) in [6.45, 7) is 15.4. The summed E-state index contributed by atoms with van der Waals surface area (Å²) in [5.74, 6) is -0.959. The van der Waals surface area contributed by atoms with E-state index < -0.39 is 6.29 Å². The largest absolute Gasteiger partial charge is 0.465 e. The molecule has 346 valence electrons. The van der Waals surface area contributed by atoms with Crippen molar-refractivity contribution in [2.45, 2.75) is 221 Å². The zero-order valence-corrected chi connectivity index (χ0v) is 39.2. The van der Waals surface area contributed by atoms with Crippen molar-refractivity contribution in [2.75, 3.05) is 52.6 Å². The van der Waals surface area contributed by atoms with Crippen LogP contribution >= 0.6 is 0 Å². The first kappa shape index (κ1) is 56.8. The number of esters is 2. The first-order chi connectivity index (χ1) is 28.9. The van der Waals surface area contributed by atoms with Crippen molar-refractivity contribution in [3.05, 3.63) is 24.3 Å². The van der Waals surface area contributed by atoms with Crippen molar-refractivity contribution < 1.29 is 33.3 Å². The molecular formula is C50H94N2O7. The standard InChI is InChI=1S/C50H94N2O7/c1-6-11-14-17-20-21-22-23-24-25-26-27-28-29-32-36-47(53)51-43-46(44-58-48(54)37-35-40-52(9-4)10-5)45-59-49(55)38-39-50(56-41-33-30-18-15-12-7-2)57-42-34-31-19-16-13-8-3/h20-21,23-24,46,50H,6-19,22,25-45H2,1-5H3,(H,51,53)/b21-20-,24-23-. The van der Waals surface area contributed by atoms with Crippen molar-refractivity contribution >= 4 is 17.8 Å². The van der Waals surface area contributed by atoms with Crippen LogP contribution in [0.2, 0.25) is 0 Å². The van der Waals surface area contributed by atoms with Gasteiger partial charge in [-0.05, 0) is 77.4 Å². The molecule has 9 nitrogen and oxygen atoms in total. The Bertz CT molecular complexity index is 982. The Kier molecular flexibility index (Phi) is 43.6. The molecule has 1 amide bonds. The van der Waals surface area contributed by atoms with Gasteiger partial charge in [-0.15, -0.1) is 0 Å². The van der Waals surface area contributed by atoms with Gasteiger partial charge < -0.3 is 29.2 Å². The molecule has 1 atom stereocenters. The summed E-state index contributed by atoms with van der Waals surface area (Å²) in [4.78, 5) is 40.6. The summed E-state index contributed by atoms with van der Waals surface area (Å²) in [7, 11) is 0. The van der Waals surface area contributed by atoms with E-state index in [1.165, 1.54) is 89.9 Å². The smallest absolute Gasteiger partial charge is 0.305 e. The van der Waals surface area contributed by atoms with Crippen LogP contribution in [-0.4, -0.2) is 81.6 Å². The Morgan fingerprint density at radius 1 is 0.525 bits per heavy atom. The van der Waals surface area contributed by atoms with Gasteiger partial charge >= 0.3 is 11.9 Å². The van der Waals surface area contributed by atoms with Crippen LogP contribution in [0.5, 0.6) is 0 Å². The molecular weight excluding hydrogens is 741 g/mol. The highest BCUT2D eigenvalue weighted by Gasteiger charge is 2.19. The molecule has 0 aromatic heterocycles. The molecule has 0 aromatic rings. The number of carbonyl (C=O) groups excluding carboxylic acids is 3. The highest BCUT2D eigenvalue weighted by atomic mass is 16.7. The van der Waals surface area contributed by atoms with Crippen LogP contribution < -0.4 is 5.32 Å².